The summed E-state index contributed by atoms with van der Waals surface area (Å²) in [5.41, 5.74) is 1.05. The Kier molecular flexibility index (Phi) is 2.40. The molecule has 3 atom stereocenters. The highest BCUT2D eigenvalue weighted by atomic mass is 16.5. The minimum absolute atomic E-state index is 0.0358. The van der Waals surface area contributed by atoms with Gasteiger partial charge in [-0.25, -0.2) is 0 Å². The maximum absolute atomic E-state index is 11.8. The van der Waals surface area contributed by atoms with Crippen LogP contribution < -0.4 is 0 Å². The van der Waals surface area contributed by atoms with Crippen LogP contribution in [0.1, 0.15) is 18.4 Å². The lowest BCUT2D eigenvalue weighted by Gasteiger charge is -2.12. The molecule has 0 bridgehead atoms. The number of esters is 1. The first kappa shape index (κ1) is 9.85. The minimum Gasteiger partial charge on any atom is -0.460 e. The van der Waals surface area contributed by atoms with E-state index in [2.05, 4.69) is 4.90 Å². The molecular weight excluding hydrogens is 202 g/mol. The maximum Gasteiger partial charge on any atom is 0.323 e. The van der Waals surface area contributed by atoms with E-state index in [0.29, 0.717) is 12.6 Å². The van der Waals surface area contributed by atoms with Crippen LogP contribution in [0.25, 0.3) is 0 Å². The van der Waals surface area contributed by atoms with Crippen LogP contribution in [-0.2, 0) is 16.1 Å². The summed E-state index contributed by atoms with van der Waals surface area (Å²) in [4.78, 5) is 14.0. The van der Waals surface area contributed by atoms with E-state index in [1.165, 1.54) is 0 Å². The molecule has 0 N–H and O–H groups in total. The number of carbonyl (C=O) groups is 1. The van der Waals surface area contributed by atoms with E-state index in [-0.39, 0.29) is 12.0 Å². The Morgan fingerprint density at radius 1 is 1.31 bits per heavy atom. The third-order valence-corrected chi connectivity index (χ3v) is 3.43. The molecule has 2 aliphatic rings. The molecule has 0 spiro atoms. The Morgan fingerprint density at radius 3 is 2.75 bits per heavy atom. The fraction of sp³-hybridized carbons (Fsp3) is 0.462. The molecule has 3 nitrogen and oxygen atoms in total. The van der Waals surface area contributed by atoms with Gasteiger partial charge in [0.15, 0.2) is 0 Å². The third kappa shape index (κ3) is 1.83. The van der Waals surface area contributed by atoms with Crippen LogP contribution in [0.15, 0.2) is 30.3 Å². The molecule has 3 rings (SSSR count). The van der Waals surface area contributed by atoms with E-state index in [1.807, 2.05) is 30.3 Å². The summed E-state index contributed by atoms with van der Waals surface area (Å²) >= 11 is 0. The lowest BCUT2D eigenvalue weighted by molar-refractivity contribution is -0.148. The molecule has 3 heteroatoms. The molecule has 0 radical (unpaired) electrons. The van der Waals surface area contributed by atoms with Gasteiger partial charge in [0.1, 0.15) is 12.6 Å². The average molecular weight is 217 g/mol. The molecule has 2 saturated heterocycles. The molecule has 84 valence electrons. The van der Waals surface area contributed by atoms with Crippen LogP contribution in [0.2, 0.25) is 0 Å². The van der Waals surface area contributed by atoms with Crippen molar-refractivity contribution in [3.63, 3.8) is 0 Å². The number of carbonyl (C=O) groups excluding carboxylic acids is 1. The summed E-state index contributed by atoms with van der Waals surface area (Å²) in [7, 11) is 0. The first-order valence-electron chi connectivity index (χ1n) is 5.81. The zero-order valence-corrected chi connectivity index (χ0v) is 9.13. The number of nitrogens with zero attached hydrogens (tertiary/aromatic N) is 1. The van der Waals surface area contributed by atoms with E-state index in [4.69, 9.17) is 4.74 Å². The van der Waals surface area contributed by atoms with Crippen LogP contribution in [0.3, 0.4) is 0 Å². The Hall–Kier alpha value is -1.35. The molecule has 16 heavy (non-hydrogen) atoms. The molecule has 0 saturated carbocycles. The van der Waals surface area contributed by atoms with Crippen molar-refractivity contribution in [1.29, 1.82) is 0 Å². The van der Waals surface area contributed by atoms with Gasteiger partial charge in [0.05, 0.1) is 0 Å². The Morgan fingerprint density at radius 2 is 2.12 bits per heavy atom. The van der Waals surface area contributed by atoms with Gasteiger partial charge in [0.2, 0.25) is 0 Å². The quantitative estimate of drug-likeness (QED) is 0.568. The third-order valence-electron chi connectivity index (χ3n) is 3.43. The molecule has 3 unspecified atom stereocenters. The standard InChI is InChI=1S/C13H15NO2/c15-13(12-7-6-11-8-14(11)12)16-9-10-4-2-1-3-5-10/h1-5,11-12H,6-9H2. The fourth-order valence-corrected chi connectivity index (χ4v) is 2.43. The Balaban J connectivity index is 1.53. The summed E-state index contributed by atoms with van der Waals surface area (Å²) < 4.78 is 5.33. The minimum atomic E-state index is -0.0520. The van der Waals surface area contributed by atoms with Crippen molar-refractivity contribution in [3.8, 4) is 0 Å². The predicted octanol–water partition coefficient (Wildman–Crippen LogP) is 1.58. The van der Waals surface area contributed by atoms with Gasteiger partial charge in [-0.2, -0.15) is 0 Å². The van der Waals surface area contributed by atoms with Gasteiger partial charge in [-0.1, -0.05) is 30.3 Å². The second-order valence-electron chi connectivity index (χ2n) is 4.54. The monoisotopic (exact) mass is 217 g/mol. The predicted molar refractivity (Wildman–Crippen MR) is 59.8 cm³/mol. The topological polar surface area (TPSA) is 29.3 Å². The van der Waals surface area contributed by atoms with E-state index >= 15 is 0 Å². The summed E-state index contributed by atoms with van der Waals surface area (Å²) in [5, 5.41) is 0. The van der Waals surface area contributed by atoms with E-state index < -0.39 is 0 Å². The van der Waals surface area contributed by atoms with E-state index in [9.17, 15) is 4.79 Å². The molecule has 2 fully saturated rings. The fourth-order valence-electron chi connectivity index (χ4n) is 2.43. The normalized spacial score (nSPS) is 30.9. The smallest absolute Gasteiger partial charge is 0.323 e. The Labute approximate surface area is 95.0 Å². The number of hydrogen-bond donors (Lipinski definition) is 0. The van der Waals surface area contributed by atoms with Crippen LogP contribution in [0, 0.1) is 0 Å². The number of hydrogen-bond acceptors (Lipinski definition) is 3. The van der Waals surface area contributed by atoms with Crippen molar-refractivity contribution in [3.05, 3.63) is 35.9 Å². The first-order chi connectivity index (χ1) is 7.84. The van der Waals surface area contributed by atoms with E-state index in [0.717, 1.165) is 24.9 Å². The second kappa shape index (κ2) is 3.91. The molecule has 1 aromatic carbocycles. The average Bonchev–Trinajstić information content (AvgIpc) is 2.99. The molecule has 2 aliphatic heterocycles. The van der Waals surface area contributed by atoms with Gasteiger partial charge in [-0.05, 0) is 18.4 Å². The molecule has 1 aromatic rings. The molecule has 0 aliphatic carbocycles. The van der Waals surface area contributed by atoms with Crippen molar-refractivity contribution < 1.29 is 9.53 Å². The molecule has 0 amide bonds. The van der Waals surface area contributed by atoms with Crippen molar-refractivity contribution in [1.82, 2.24) is 4.90 Å². The maximum atomic E-state index is 11.8. The lowest BCUT2D eigenvalue weighted by atomic mass is 10.2. The van der Waals surface area contributed by atoms with Crippen LogP contribution in [0.5, 0.6) is 0 Å². The van der Waals surface area contributed by atoms with Crippen LogP contribution in [0.4, 0.5) is 0 Å². The first-order valence-corrected chi connectivity index (χ1v) is 5.81. The molecule has 2 heterocycles. The van der Waals surface area contributed by atoms with Gasteiger partial charge in [-0.15, -0.1) is 0 Å². The number of benzene rings is 1. The SMILES string of the molecule is O=C(OCc1ccccc1)C1CCC2CN21. The van der Waals surface area contributed by atoms with Crippen LogP contribution in [-0.4, -0.2) is 29.5 Å². The summed E-state index contributed by atoms with van der Waals surface area (Å²) in [5.74, 6) is -0.0520. The highest BCUT2D eigenvalue weighted by Crippen LogP contribution is 2.36. The molecule has 0 aromatic heterocycles. The largest absolute Gasteiger partial charge is 0.460 e. The summed E-state index contributed by atoms with van der Waals surface area (Å²) in [6, 6.07) is 10.5. The number of rotatable bonds is 3. The zero-order valence-electron chi connectivity index (χ0n) is 9.13. The van der Waals surface area contributed by atoms with Gasteiger partial charge >= 0.3 is 5.97 Å². The summed E-state index contributed by atoms with van der Waals surface area (Å²) in [6.45, 7) is 1.49. The number of fused-ring (bicyclic) bond motifs is 1. The van der Waals surface area contributed by atoms with Crippen LogP contribution >= 0.6 is 0 Å². The van der Waals surface area contributed by atoms with Gasteiger partial charge in [0, 0.05) is 12.6 Å². The second-order valence-corrected chi connectivity index (χ2v) is 4.54. The van der Waals surface area contributed by atoms with Gasteiger partial charge < -0.3 is 4.74 Å². The van der Waals surface area contributed by atoms with E-state index in [1.54, 1.807) is 0 Å². The Bertz CT molecular complexity index is 390. The molecular formula is C13H15NO2. The van der Waals surface area contributed by atoms with Crippen molar-refractivity contribution in [2.75, 3.05) is 6.54 Å². The number of ether oxygens (including phenoxy) is 1. The van der Waals surface area contributed by atoms with Gasteiger partial charge in [-0.3, -0.25) is 9.69 Å². The van der Waals surface area contributed by atoms with Crippen molar-refractivity contribution >= 4 is 5.97 Å². The van der Waals surface area contributed by atoms with Crippen molar-refractivity contribution in [2.24, 2.45) is 0 Å². The summed E-state index contributed by atoms with van der Waals surface area (Å²) in [6.07, 6.45) is 2.13. The lowest BCUT2D eigenvalue weighted by Crippen LogP contribution is -2.28. The highest BCUT2D eigenvalue weighted by Gasteiger charge is 2.49. The number of piperidine rings is 1. The highest BCUT2D eigenvalue weighted by molar-refractivity contribution is 5.76. The zero-order chi connectivity index (χ0) is 11.0. The van der Waals surface area contributed by atoms with Gasteiger partial charge in [0.25, 0.3) is 0 Å². The van der Waals surface area contributed by atoms with Crippen molar-refractivity contribution in [2.45, 2.75) is 31.5 Å².